The lowest BCUT2D eigenvalue weighted by atomic mass is 9.92. The molecule has 5 aromatic carbocycles. The Balaban J connectivity index is 1.76. The SMILES string of the molecule is c1ccc(-c2cccc3c(-c4ccc5ccccc5c4)cccc23)cc1. The van der Waals surface area contributed by atoms with Gasteiger partial charge >= 0.3 is 0 Å². The first kappa shape index (κ1) is 14.9. The largest absolute Gasteiger partial charge is 0.0622 e. The van der Waals surface area contributed by atoms with Gasteiger partial charge in [0.25, 0.3) is 0 Å². The number of benzene rings is 5. The molecule has 5 rings (SSSR count). The maximum absolute atomic E-state index is 2.29. The van der Waals surface area contributed by atoms with Crippen LogP contribution in [-0.4, -0.2) is 0 Å². The van der Waals surface area contributed by atoms with Crippen LogP contribution < -0.4 is 0 Å². The van der Waals surface area contributed by atoms with Gasteiger partial charge in [0.1, 0.15) is 0 Å². The molecule has 0 N–H and O–H groups in total. The van der Waals surface area contributed by atoms with Crippen LogP contribution in [0.2, 0.25) is 0 Å². The maximum Gasteiger partial charge on any atom is -0.00992 e. The molecule has 0 nitrogen and oxygen atoms in total. The molecule has 0 bridgehead atoms. The zero-order valence-corrected chi connectivity index (χ0v) is 14.4. The third-order valence-corrected chi connectivity index (χ3v) is 5.07. The Morgan fingerprint density at radius 2 is 0.962 bits per heavy atom. The third-order valence-electron chi connectivity index (χ3n) is 5.07. The molecule has 122 valence electrons. The van der Waals surface area contributed by atoms with Gasteiger partial charge in [0, 0.05) is 0 Å². The van der Waals surface area contributed by atoms with Crippen LogP contribution in [0.3, 0.4) is 0 Å². The van der Waals surface area contributed by atoms with Crippen LogP contribution in [0.25, 0.3) is 43.8 Å². The van der Waals surface area contributed by atoms with Gasteiger partial charge in [-0.15, -0.1) is 0 Å². The minimum absolute atomic E-state index is 1.26. The van der Waals surface area contributed by atoms with Gasteiger partial charge in [-0.25, -0.2) is 0 Å². The molecule has 0 amide bonds. The van der Waals surface area contributed by atoms with Crippen molar-refractivity contribution in [3.8, 4) is 22.3 Å². The highest BCUT2D eigenvalue weighted by atomic mass is 14.1. The molecule has 0 saturated carbocycles. The van der Waals surface area contributed by atoms with Crippen molar-refractivity contribution in [2.75, 3.05) is 0 Å². The maximum atomic E-state index is 2.29. The Hall–Kier alpha value is -3.38. The molecule has 0 heteroatoms. The van der Waals surface area contributed by atoms with E-state index in [0.717, 1.165) is 0 Å². The lowest BCUT2D eigenvalue weighted by molar-refractivity contribution is 1.64. The van der Waals surface area contributed by atoms with E-state index in [-0.39, 0.29) is 0 Å². The van der Waals surface area contributed by atoms with Crippen LogP contribution >= 0.6 is 0 Å². The minimum Gasteiger partial charge on any atom is -0.0622 e. The Kier molecular flexibility index (Phi) is 3.54. The first-order chi connectivity index (χ1) is 12.9. The van der Waals surface area contributed by atoms with Crippen molar-refractivity contribution >= 4 is 21.5 Å². The van der Waals surface area contributed by atoms with E-state index in [0.29, 0.717) is 0 Å². The van der Waals surface area contributed by atoms with Gasteiger partial charge < -0.3 is 0 Å². The lowest BCUT2D eigenvalue weighted by Gasteiger charge is -2.12. The topological polar surface area (TPSA) is 0 Å². The first-order valence-corrected chi connectivity index (χ1v) is 8.96. The van der Waals surface area contributed by atoms with E-state index in [9.17, 15) is 0 Å². The fourth-order valence-electron chi connectivity index (χ4n) is 3.79. The van der Waals surface area contributed by atoms with Crippen LogP contribution in [0.5, 0.6) is 0 Å². The second kappa shape index (κ2) is 6.16. The molecule has 26 heavy (non-hydrogen) atoms. The standard InChI is InChI=1S/C26H18/c1-2-9-20(10-3-1)23-12-6-15-26-24(13-7-14-25(23)26)22-17-16-19-8-4-5-11-21(19)18-22/h1-18H. The van der Waals surface area contributed by atoms with Crippen molar-refractivity contribution in [3.05, 3.63) is 109 Å². The molecule has 0 aliphatic heterocycles. The average Bonchev–Trinajstić information content (AvgIpc) is 2.73. The van der Waals surface area contributed by atoms with Crippen molar-refractivity contribution in [1.82, 2.24) is 0 Å². The number of hydrogen-bond acceptors (Lipinski definition) is 0. The van der Waals surface area contributed by atoms with E-state index in [1.54, 1.807) is 0 Å². The van der Waals surface area contributed by atoms with Gasteiger partial charge in [0.2, 0.25) is 0 Å². The summed E-state index contributed by atoms with van der Waals surface area (Å²) in [4.78, 5) is 0. The molecule has 0 spiro atoms. The Morgan fingerprint density at radius 3 is 1.69 bits per heavy atom. The molecule has 0 atom stereocenters. The van der Waals surface area contributed by atoms with Gasteiger partial charge in [-0.2, -0.15) is 0 Å². The van der Waals surface area contributed by atoms with Gasteiger partial charge in [-0.1, -0.05) is 103 Å². The fourth-order valence-corrected chi connectivity index (χ4v) is 3.79. The molecule has 0 unspecified atom stereocenters. The Morgan fingerprint density at radius 1 is 0.346 bits per heavy atom. The zero-order valence-electron chi connectivity index (χ0n) is 14.4. The molecule has 0 saturated heterocycles. The summed E-state index contributed by atoms with van der Waals surface area (Å²) in [7, 11) is 0. The summed E-state index contributed by atoms with van der Waals surface area (Å²) < 4.78 is 0. The van der Waals surface area contributed by atoms with Gasteiger partial charge in [-0.3, -0.25) is 0 Å². The fraction of sp³-hybridized carbons (Fsp3) is 0. The van der Waals surface area contributed by atoms with Crippen LogP contribution in [0.4, 0.5) is 0 Å². The van der Waals surface area contributed by atoms with Crippen molar-refractivity contribution in [2.24, 2.45) is 0 Å². The van der Waals surface area contributed by atoms with Crippen molar-refractivity contribution in [1.29, 1.82) is 0 Å². The Labute approximate surface area is 153 Å². The van der Waals surface area contributed by atoms with Crippen LogP contribution in [0, 0.1) is 0 Å². The highest BCUT2D eigenvalue weighted by molar-refractivity contribution is 6.05. The van der Waals surface area contributed by atoms with E-state index in [1.807, 2.05) is 0 Å². The van der Waals surface area contributed by atoms with Crippen LogP contribution in [0.15, 0.2) is 109 Å². The third kappa shape index (κ3) is 2.48. The minimum atomic E-state index is 1.26. The van der Waals surface area contributed by atoms with Crippen LogP contribution in [-0.2, 0) is 0 Å². The van der Waals surface area contributed by atoms with Crippen molar-refractivity contribution < 1.29 is 0 Å². The van der Waals surface area contributed by atoms with E-state index < -0.39 is 0 Å². The lowest BCUT2D eigenvalue weighted by Crippen LogP contribution is -1.85. The zero-order chi connectivity index (χ0) is 17.3. The second-order valence-corrected chi connectivity index (χ2v) is 6.63. The second-order valence-electron chi connectivity index (χ2n) is 6.63. The molecular formula is C26H18. The van der Waals surface area contributed by atoms with Crippen molar-refractivity contribution in [2.45, 2.75) is 0 Å². The molecule has 0 heterocycles. The molecule has 0 aliphatic carbocycles. The number of hydrogen-bond donors (Lipinski definition) is 0. The highest BCUT2D eigenvalue weighted by Crippen LogP contribution is 2.35. The summed E-state index contributed by atoms with van der Waals surface area (Å²) in [5.41, 5.74) is 5.09. The summed E-state index contributed by atoms with van der Waals surface area (Å²) in [5, 5.41) is 5.15. The first-order valence-electron chi connectivity index (χ1n) is 8.96. The molecular weight excluding hydrogens is 312 g/mol. The summed E-state index contributed by atoms with van der Waals surface area (Å²) >= 11 is 0. The molecule has 0 aromatic heterocycles. The predicted molar refractivity (Wildman–Crippen MR) is 112 cm³/mol. The summed E-state index contributed by atoms with van der Waals surface area (Å²) in [6, 6.07) is 39.1. The molecule has 0 radical (unpaired) electrons. The number of fused-ring (bicyclic) bond motifs is 2. The molecule has 0 aliphatic rings. The van der Waals surface area contributed by atoms with Gasteiger partial charge in [-0.05, 0) is 49.9 Å². The summed E-state index contributed by atoms with van der Waals surface area (Å²) in [5.74, 6) is 0. The van der Waals surface area contributed by atoms with E-state index in [2.05, 4.69) is 109 Å². The van der Waals surface area contributed by atoms with E-state index >= 15 is 0 Å². The summed E-state index contributed by atoms with van der Waals surface area (Å²) in [6.45, 7) is 0. The predicted octanol–water partition coefficient (Wildman–Crippen LogP) is 7.33. The smallest absolute Gasteiger partial charge is 0.00992 e. The Bertz CT molecular complexity index is 1220. The molecule has 0 fully saturated rings. The van der Waals surface area contributed by atoms with Gasteiger partial charge in [0.15, 0.2) is 0 Å². The highest BCUT2D eigenvalue weighted by Gasteiger charge is 2.08. The van der Waals surface area contributed by atoms with Crippen molar-refractivity contribution in [3.63, 3.8) is 0 Å². The average molecular weight is 330 g/mol. The quantitative estimate of drug-likeness (QED) is 0.318. The summed E-state index contributed by atoms with van der Waals surface area (Å²) in [6.07, 6.45) is 0. The van der Waals surface area contributed by atoms with Gasteiger partial charge in [0.05, 0.1) is 0 Å². The van der Waals surface area contributed by atoms with Crippen LogP contribution in [0.1, 0.15) is 0 Å². The van der Waals surface area contributed by atoms with E-state index in [4.69, 9.17) is 0 Å². The number of rotatable bonds is 2. The normalized spacial score (nSPS) is 11.1. The monoisotopic (exact) mass is 330 g/mol. The van der Waals surface area contributed by atoms with E-state index in [1.165, 1.54) is 43.8 Å². The molecule has 5 aromatic rings.